The van der Waals surface area contributed by atoms with Crippen LogP contribution in [0.3, 0.4) is 0 Å². The summed E-state index contributed by atoms with van der Waals surface area (Å²) in [4.78, 5) is 0. The molecule has 0 unspecified atom stereocenters. The molecule has 1 aromatic rings. The Morgan fingerprint density at radius 3 is 2.50 bits per heavy atom. The molecule has 1 fully saturated rings. The molecule has 0 atom stereocenters. The van der Waals surface area contributed by atoms with Crippen LogP contribution in [0.4, 0.5) is 4.39 Å². The standard InChI is InChI=1S/C13H18FNO/c1-16-12-8-10(7-11(14)9-12)13(15)5-3-2-4-6-13/h7-9H,2-6,15H2,1H3. The predicted molar refractivity (Wildman–Crippen MR) is 61.9 cm³/mol. The summed E-state index contributed by atoms with van der Waals surface area (Å²) in [6.45, 7) is 0. The van der Waals surface area contributed by atoms with E-state index in [-0.39, 0.29) is 11.4 Å². The molecule has 2 rings (SSSR count). The van der Waals surface area contributed by atoms with Crippen molar-refractivity contribution in [1.29, 1.82) is 0 Å². The maximum atomic E-state index is 13.4. The van der Waals surface area contributed by atoms with Crippen molar-refractivity contribution in [3.63, 3.8) is 0 Å². The molecule has 0 saturated heterocycles. The Balaban J connectivity index is 2.34. The van der Waals surface area contributed by atoms with Crippen molar-refractivity contribution in [3.05, 3.63) is 29.6 Å². The number of nitrogens with two attached hydrogens (primary N) is 1. The lowest BCUT2D eigenvalue weighted by atomic mass is 9.77. The smallest absolute Gasteiger partial charge is 0.127 e. The van der Waals surface area contributed by atoms with Crippen LogP contribution >= 0.6 is 0 Å². The van der Waals surface area contributed by atoms with E-state index in [1.54, 1.807) is 7.11 Å². The van der Waals surface area contributed by atoms with Crippen molar-refractivity contribution in [2.45, 2.75) is 37.6 Å². The van der Waals surface area contributed by atoms with Crippen LogP contribution in [0.1, 0.15) is 37.7 Å². The van der Waals surface area contributed by atoms with Gasteiger partial charge in [-0.05, 0) is 30.5 Å². The van der Waals surface area contributed by atoms with Gasteiger partial charge in [0.2, 0.25) is 0 Å². The molecule has 1 aliphatic rings. The summed E-state index contributed by atoms with van der Waals surface area (Å²) < 4.78 is 18.5. The average Bonchev–Trinajstić information content (AvgIpc) is 2.29. The van der Waals surface area contributed by atoms with Crippen LogP contribution in [0, 0.1) is 5.82 Å². The van der Waals surface area contributed by atoms with Crippen molar-refractivity contribution >= 4 is 0 Å². The molecule has 0 aliphatic heterocycles. The average molecular weight is 223 g/mol. The van der Waals surface area contributed by atoms with Crippen molar-refractivity contribution in [1.82, 2.24) is 0 Å². The van der Waals surface area contributed by atoms with Crippen LogP contribution in [0.25, 0.3) is 0 Å². The zero-order valence-corrected chi connectivity index (χ0v) is 9.63. The predicted octanol–water partition coefficient (Wildman–Crippen LogP) is 2.95. The second-order valence-electron chi connectivity index (χ2n) is 4.60. The maximum Gasteiger partial charge on any atom is 0.127 e. The highest BCUT2D eigenvalue weighted by Gasteiger charge is 2.30. The van der Waals surface area contributed by atoms with E-state index in [9.17, 15) is 4.39 Å². The second-order valence-corrected chi connectivity index (χ2v) is 4.60. The van der Waals surface area contributed by atoms with Gasteiger partial charge in [-0.3, -0.25) is 0 Å². The summed E-state index contributed by atoms with van der Waals surface area (Å²) in [5.74, 6) is 0.273. The molecule has 2 nitrogen and oxygen atoms in total. The molecule has 2 N–H and O–H groups in total. The van der Waals surface area contributed by atoms with E-state index in [2.05, 4.69) is 0 Å². The van der Waals surface area contributed by atoms with Crippen LogP contribution in [-0.4, -0.2) is 7.11 Å². The Morgan fingerprint density at radius 2 is 1.88 bits per heavy atom. The van der Waals surface area contributed by atoms with Crippen LogP contribution in [-0.2, 0) is 5.54 Å². The van der Waals surface area contributed by atoms with E-state index >= 15 is 0 Å². The number of halogens is 1. The number of benzene rings is 1. The zero-order chi connectivity index (χ0) is 11.6. The number of hydrogen-bond acceptors (Lipinski definition) is 2. The van der Waals surface area contributed by atoms with E-state index in [0.717, 1.165) is 31.2 Å². The molecule has 0 spiro atoms. The van der Waals surface area contributed by atoms with Crippen LogP contribution in [0.15, 0.2) is 18.2 Å². The van der Waals surface area contributed by atoms with Gasteiger partial charge in [-0.25, -0.2) is 4.39 Å². The third kappa shape index (κ3) is 2.19. The number of rotatable bonds is 2. The minimum atomic E-state index is -0.367. The van der Waals surface area contributed by atoms with Crippen LogP contribution in [0.2, 0.25) is 0 Å². The van der Waals surface area contributed by atoms with Crippen LogP contribution in [0.5, 0.6) is 5.75 Å². The lowest BCUT2D eigenvalue weighted by Gasteiger charge is -2.34. The molecular formula is C13H18FNO. The summed E-state index contributed by atoms with van der Waals surface area (Å²) in [5.41, 5.74) is 6.85. The number of ether oxygens (including phenoxy) is 1. The van der Waals surface area contributed by atoms with E-state index in [1.165, 1.54) is 18.6 Å². The Labute approximate surface area is 95.6 Å². The highest BCUT2D eigenvalue weighted by Crippen LogP contribution is 2.36. The van der Waals surface area contributed by atoms with Gasteiger partial charge in [0.25, 0.3) is 0 Å². The van der Waals surface area contributed by atoms with Gasteiger partial charge in [-0.15, -0.1) is 0 Å². The van der Waals surface area contributed by atoms with Gasteiger partial charge in [0.1, 0.15) is 11.6 Å². The molecule has 0 radical (unpaired) electrons. The largest absolute Gasteiger partial charge is 0.497 e. The summed E-state index contributed by atoms with van der Waals surface area (Å²) >= 11 is 0. The first-order valence-corrected chi connectivity index (χ1v) is 5.78. The Kier molecular flexibility index (Phi) is 3.15. The molecule has 3 heteroatoms. The van der Waals surface area contributed by atoms with Crippen molar-refractivity contribution in [2.75, 3.05) is 7.11 Å². The number of methoxy groups -OCH3 is 1. The third-order valence-corrected chi connectivity index (χ3v) is 3.43. The molecule has 0 bridgehead atoms. The Bertz CT molecular complexity index is 372. The molecule has 1 saturated carbocycles. The molecule has 16 heavy (non-hydrogen) atoms. The molecule has 88 valence electrons. The van der Waals surface area contributed by atoms with Gasteiger partial charge in [0.05, 0.1) is 7.11 Å². The second kappa shape index (κ2) is 4.42. The first kappa shape index (κ1) is 11.4. The fraction of sp³-hybridized carbons (Fsp3) is 0.538. The van der Waals surface area contributed by atoms with Gasteiger partial charge >= 0.3 is 0 Å². The summed E-state index contributed by atoms with van der Waals surface area (Å²) in [7, 11) is 1.54. The van der Waals surface area contributed by atoms with Gasteiger partial charge < -0.3 is 10.5 Å². The topological polar surface area (TPSA) is 35.2 Å². The van der Waals surface area contributed by atoms with Gasteiger partial charge in [0.15, 0.2) is 0 Å². The quantitative estimate of drug-likeness (QED) is 0.836. The van der Waals surface area contributed by atoms with Gasteiger partial charge in [-0.1, -0.05) is 19.3 Å². The van der Waals surface area contributed by atoms with E-state index in [0.29, 0.717) is 5.75 Å². The monoisotopic (exact) mass is 223 g/mol. The first-order chi connectivity index (χ1) is 7.64. The lowest BCUT2D eigenvalue weighted by molar-refractivity contribution is 0.299. The minimum Gasteiger partial charge on any atom is -0.497 e. The van der Waals surface area contributed by atoms with Gasteiger partial charge in [0, 0.05) is 11.6 Å². The molecule has 0 heterocycles. The van der Waals surface area contributed by atoms with Gasteiger partial charge in [-0.2, -0.15) is 0 Å². The normalized spacial score (nSPS) is 19.4. The summed E-state index contributed by atoms with van der Waals surface area (Å²) in [6.07, 6.45) is 5.33. The third-order valence-electron chi connectivity index (χ3n) is 3.43. The Morgan fingerprint density at radius 1 is 1.19 bits per heavy atom. The van der Waals surface area contributed by atoms with E-state index in [1.807, 2.05) is 6.07 Å². The maximum absolute atomic E-state index is 13.4. The fourth-order valence-electron chi connectivity index (χ4n) is 2.44. The molecular weight excluding hydrogens is 205 g/mol. The highest BCUT2D eigenvalue weighted by atomic mass is 19.1. The first-order valence-electron chi connectivity index (χ1n) is 5.78. The van der Waals surface area contributed by atoms with E-state index in [4.69, 9.17) is 10.5 Å². The summed E-state index contributed by atoms with van der Waals surface area (Å²) in [6, 6.07) is 4.78. The summed E-state index contributed by atoms with van der Waals surface area (Å²) in [5, 5.41) is 0. The highest BCUT2D eigenvalue weighted by molar-refractivity contribution is 5.34. The molecule has 0 aromatic heterocycles. The molecule has 1 aliphatic carbocycles. The fourth-order valence-corrected chi connectivity index (χ4v) is 2.44. The molecule has 1 aromatic carbocycles. The van der Waals surface area contributed by atoms with Crippen molar-refractivity contribution in [2.24, 2.45) is 5.73 Å². The van der Waals surface area contributed by atoms with Crippen molar-refractivity contribution < 1.29 is 9.13 Å². The minimum absolute atomic E-state index is 0.273. The Hall–Kier alpha value is -1.09. The SMILES string of the molecule is COc1cc(F)cc(C2(N)CCCCC2)c1. The lowest BCUT2D eigenvalue weighted by Crippen LogP contribution is -2.38. The van der Waals surface area contributed by atoms with Crippen molar-refractivity contribution in [3.8, 4) is 5.75 Å². The van der Waals surface area contributed by atoms with Crippen LogP contribution < -0.4 is 10.5 Å². The number of hydrogen-bond donors (Lipinski definition) is 1. The zero-order valence-electron chi connectivity index (χ0n) is 9.63. The molecule has 0 amide bonds. The van der Waals surface area contributed by atoms with E-state index < -0.39 is 0 Å².